The fourth-order valence-electron chi connectivity index (χ4n) is 1.73. The number of rotatable bonds is 5. The lowest BCUT2D eigenvalue weighted by molar-refractivity contribution is 0.449. The van der Waals surface area contributed by atoms with Gasteiger partial charge in [0.15, 0.2) is 5.05 Å². The first kappa shape index (κ1) is 13.3. The van der Waals surface area contributed by atoms with Gasteiger partial charge in [-0.05, 0) is 31.1 Å². The van der Waals surface area contributed by atoms with Gasteiger partial charge in [0.1, 0.15) is 0 Å². The van der Waals surface area contributed by atoms with E-state index in [4.69, 9.17) is 24.4 Å². The first-order valence-electron chi connectivity index (χ1n) is 5.35. The normalized spacial score (nSPS) is 14.1. The molecule has 86 valence electrons. The van der Waals surface area contributed by atoms with Gasteiger partial charge in [0.25, 0.3) is 0 Å². The van der Waals surface area contributed by atoms with E-state index in [1.807, 2.05) is 37.3 Å². The lowest BCUT2D eigenvalue weighted by Crippen LogP contribution is -2.34. The second-order valence-electron chi connectivity index (χ2n) is 4.08. The minimum absolute atomic E-state index is 0.0109. The molecule has 0 bridgehead atoms. The number of hydrogen-bond donors (Lipinski definition) is 1. The number of aliphatic hydroxyl groups excluding tert-OH is 1. The van der Waals surface area contributed by atoms with Crippen molar-refractivity contribution < 1.29 is 5.11 Å². The minimum Gasteiger partial charge on any atom is -0.501 e. The maximum atomic E-state index is 9.68. The molecule has 0 heterocycles. The summed E-state index contributed by atoms with van der Waals surface area (Å²) in [6.07, 6.45) is 1.71. The van der Waals surface area contributed by atoms with E-state index in [0.29, 0.717) is 0 Å². The Hall–Kier alpha value is -0.800. The fraction of sp³-hybridized carbons (Fsp3) is 0.385. The standard InChI is InChI=1S/C13H16OS2/c1-3-9-13(2,12(14)16)11(15)10-7-5-4-6-8-10/h4-8H,3,9H2,1-2H3,(H,14,16). The molecule has 0 aliphatic rings. The van der Waals surface area contributed by atoms with Gasteiger partial charge in [0.05, 0.1) is 5.41 Å². The molecule has 0 saturated heterocycles. The molecule has 3 heteroatoms. The largest absolute Gasteiger partial charge is 0.501 e. The van der Waals surface area contributed by atoms with E-state index >= 15 is 0 Å². The Labute approximate surface area is 107 Å². The zero-order chi connectivity index (χ0) is 12.2. The third-order valence-corrected chi connectivity index (χ3v) is 3.90. The van der Waals surface area contributed by atoms with Gasteiger partial charge in [-0.2, -0.15) is 0 Å². The molecule has 0 amide bonds. The van der Waals surface area contributed by atoms with Crippen molar-refractivity contribution in [3.8, 4) is 0 Å². The summed E-state index contributed by atoms with van der Waals surface area (Å²) < 4.78 is 0. The van der Waals surface area contributed by atoms with Crippen LogP contribution in [0.4, 0.5) is 0 Å². The van der Waals surface area contributed by atoms with Crippen molar-refractivity contribution in [2.45, 2.75) is 26.7 Å². The molecule has 0 aromatic heterocycles. The molecule has 0 spiro atoms. The molecule has 1 unspecified atom stereocenters. The number of thiocarbonyl (C=S) groups is 2. The predicted octanol–water partition coefficient (Wildman–Crippen LogP) is 4.10. The van der Waals surface area contributed by atoms with Crippen LogP contribution in [0.1, 0.15) is 32.3 Å². The molecule has 1 aromatic rings. The number of aliphatic hydroxyl groups is 1. The van der Waals surface area contributed by atoms with Crippen molar-refractivity contribution in [3.05, 3.63) is 35.9 Å². The van der Waals surface area contributed by atoms with Gasteiger partial charge in [-0.25, -0.2) is 0 Å². The van der Waals surface area contributed by atoms with Crippen molar-refractivity contribution in [1.82, 2.24) is 0 Å². The summed E-state index contributed by atoms with van der Waals surface area (Å²) in [4.78, 5) is 0.724. The lowest BCUT2D eigenvalue weighted by atomic mass is 9.80. The topological polar surface area (TPSA) is 20.2 Å². The Morgan fingerprint density at radius 1 is 1.25 bits per heavy atom. The lowest BCUT2D eigenvalue weighted by Gasteiger charge is -2.27. The maximum absolute atomic E-state index is 9.68. The van der Waals surface area contributed by atoms with Crippen LogP contribution in [0.5, 0.6) is 0 Å². The van der Waals surface area contributed by atoms with Gasteiger partial charge in [0.2, 0.25) is 0 Å². The van der Waals surface area contributed by atoms with Crippen LogP contribution in [0, 0.1) is 5.41 Å². The summed E-state index contributed by atoms with van der Waals surface area (Å²) in [5.74, 6) is 0. The maximum Gasteiger partial charge on any atom is 0.167 e. The smallest absolute Gasteiger partial charge is 0.167 e. The van der Waals surface area contributed by atoms with Crippen LogP contribution in [0.15, 0.2) is 30.3 Å². The van der Waals surface area contributed by atoms with Crippen molar-refractivity contribution in [2.75, 3.05) is 0 Å². The van der Waals surface area contributed by atoms with Gasteiger partial charge in [-0.3, -0.25) is 0 Å². The molecule has 0 fully saturated rings. The van der Waals surface area contributed by atoms with E-state index < -0.39 is 5.41 Å². The van der Waals surface area contributed by atoms with E-state index in [1.165, 1.54) is 0 Å². The van der Waals surface area contributed by atoms with E-state index in [-0.39, 0.29) is 5.05 Å². The van der Waals surface area contributed by atoms with Gasteiger partial charge in [0, 0.05) is 4.86 Å². The molecule has 16 heavy (non-hydrogen) atoms. The highest BCUT2D eigenvalue weighted by Gasteiger charge is 2.34. The average Bonchev–Trinajstić information content (AvgIpc) is 2.29. The molecule has 0 radical (unpaired) electrons. The summed E-state index contributed by atoms with van der Waals surface area (Å²) in [6.45, 7) is 3.97. The Bertz CT molecular complexity index is 386. The molecule has 1 atom stereocenters. The van der Waals surface area contributed by atoms with Crippen molar-refractivity contribution in [1.29, 1.82) is 0 Å². The van der Waals surface area contributed by atoms with E-state index in [9.17, 15) is 5.11 Å². The van der Waals surface area contributed by atoms with Crippen LogP contribution < -0.4 is 0 Å². The first-order valence-corrected chi connectivity index (χ1v) is 6.17. The number of benzene rings is 1. The zero-order valence-electron chi connectivity index (χ0n) is 9.56. The van der Waals surface area contributed by atoms with E-state index in [1.54, 1.807) is 0 Å². The van der Waals surface area contributed by atoms with E-state index in [0.717, 1.165) is 23.3 Å². The summed E-state index contributed by atoms with van der Waals surface area (Å²) in [6, 6.07) is 9.73. The molecular weight excluding hydrogens is 236 g/mol. The van der Waals surface area contributed by atoms with Gasteiger partial charge in [-0.15, -0.1) is 0 Å². The fourth-order valence-corrected chi connectivity index (χ4v) is 2.33. The predicted molar refractivity (Wildman–Crippen MR) is 76.4 cm³/mol. The van der Waals surface area contributed by atoms with Crippen LogP contribution in [-0.4, -0.2) is 15.0 Å². The molecular formula is C13H16OS2. The average molecular weight is 252 g/mol. The van der Waals surface area contributed by atoms with Crippen LogP contribution in [0.2, 0.25) is 0 Å². The Morgan fingerprint density at radius 2 is 1.81 bits per heavy atom. The first-order chi connectivity index (χ1) is 7.52. The molecule has 1 aromatic carbocycles. The quantitative estimate of drug-likeness (QED) is 0.629. The molecule has 1 N–H and O–H groups in total. The van der Waals surface area contributed by atoms with Crippen LogP contribution in [0.3, 0.4) is 0 Å². The summed E-state index contributed by atoms with van der Waals surface area (Å²) in [5, 5.41) is 9.67. The van der Waals surface area contributed by atoms with E-state index in [2.05, 4.69) is 6.92 Å². The van der Waals surface area contributed by atoms with Gasteiger partial charge in [-0.1, -0.05) is 55.9 Å². The highest BCUT2D eigenvalue weighted by molar-refractivity contribution is 7.82. The third-order valence-electron chi connectivity index (χ3n) is 2.76. The highest BCUT2D eigenvalue weighted by Crippen LogP contribution is 2.30. The molecule has 1 nitrogen and oxygen atoms in total. The Balaban J connectivity index is 3.06. The zero-order valence-corrected chi connectivity index (χ0v) is 11.2. The Kier molecular flexibility index (Phi) is 4.56. The summed E-state index contributed by atoms with van der Waals surface area (Å²) >= 11 is 10.4. The van der Waals surface area contributed by atoms with Crippen LogP contribution in [0.25, 0.3) is 0 Å². The molecule has 0 saturated carbocycles. The van der Waals surface area contributed by atoms with Crippen molar-refractivity contribution in [3.63, 3.8) is 0 Å². The second-order valence-corrected chi connectivity index (χ2v) is 4.88. The van der Waals surface area contributed by atoms with Crippen molar-refractivity contribution >= 4 is 34.4 Å². The SMILES string of the molecule is CCCC(C)(C(O)=S)C(=S)c1ccccc1. The van der Waals surface area contributed by atoms with Gasteiger partial charge >= 0.3 is 0 Å². The number of hydrogen-bond acceptors (Lipinski definition) is 2. The highest BCUT2D eigenvalue weighted by atomic mass is 32.1. The Morgan fingerprint density at radius 3 is 2.25 bits per heavy atom. The minimum atomic E-state index is -0.569. The summed E-state index contributed by atoms with van der Waals surface area (Å²) in [7, 11) is 0. The van der Waals surface area contributed by atoms with Crippen LogP contribution in [-0.2, 0) is 0 Å². The third kappa shape index (κ3) is 2.66. The van der Waals surface area contributed by atoms with Crippen molar-refractivity contribution in [2.24, 2.45) is 5.41 Å². The van der Waals surface area contributed by atoms with Crippen LogP contribution >= 0.6 is 24.4 Å². The molecule has 1 rings (SSSR count). The second kappa shape index (κ2) is 5.51. The summed E-state index contributed by atoms with van der Waals surface area (Å²) in [5.41, 5.74) is 0.394. The molecule has 0 aliphatic heterocycles. The monoisotopic (exact) mass is 252 g/mol. The molecule has 0 aliphatic carbocycles. The van der Waals surface area contributed by atoms with Gasteiger partial charge < -0.3 is 5.11 Å².